The predicted octanol–water partition coefficient (Wildman–Crippen LogP) is -0.757. The highest BCUT2D eigenvalue weighted by molar-refractivity contribution is 5.94. The van der Waals surface area contributed by atoms with E-state index in [-0.39, 0.29) is 12.3 Å². The van der Waals surface area contributed by atoms with E-state index in [2.05, 4.69) is 10.5 Å². The molecule has 2 N–H and O–H groups in total. The van der Waals surface area contributed by atoms with E-state index in [0.717, 1.165) is 0 Å². The molecule has 0 saturated heterocycles. The summed E-state index contributed by atoms with van der Waals surface area (Å²) in [6, 6.07) is 0. The van der Waals surface area contributed by atoms with Crippen LogP contribution in [0.1, 0.15) is 13.3 Å². The lowest BCUT2D eigenvalue weighted by Crippen LogP contribution is -2.34. The summed E-state index contributed by atoms with van der Waals surface area (Å²) in [7, 11) is 0. The molecule has 1 aliphatic rings. The van der Waals surface area contributed by atoms with Gasteiger partial charge in [-0.3, -0.25) is 4.79 Å². The number of carbonyl (C=O) groups excluding carboxylic acids is 1. The van der Waals surface area contributed by atoms with Crippen molar-refractivity contribution < 1.29 is 9.90 Å². The lowest BCUT2D eigenvalue weighted by atomic mass is 10.1. The molecule has 0 aromatic rings. The van der Waals surface area contributed by atoms with Crippen LogP contribution in [0.2, 0.25) is 0 Å². The zero-order valence-corrected chi connectivity index (χ0v) is 5.09. The molecule has 1 aliphatic heterocycles. The molecule has 0 spiro atoms. The molecule has 0 saturated carbocycles. The van der Waals surface area contributed by atoms with Crippen molar-refractivity contribution in [1.29, 1.82) is 0 Å². The second-order valence-electron chi connectivity index (χ2n) is 2.01. The number of aliphatic hydroxyl groups is 1. The first kappa shape index (κ1) is 6.22. The first-order chi connectivity index (χ1) is 4.20. The van der Waals surface area contributed by atoms with E-state index in [1.165, 1.54) is 0 Å². The summed E-state index contributed by atoms with van der Waals surface area (Å²) in [4.78, 5) is 10.4. The van der Waals surface area contributed by atoms with Crippen molar-refractivity contribution >= 4 is 11.6 Å². The molecular formula is C5H8N2O2. The number of hydrazone groups is 1. The number of rotatable bonds is 0. The highest BCUT2D eigenvalue weighted by Crippen LogP contribution is 1.99. The molecule has 4 nitrogen and oxygen atoms in total. The molecule has 1 amide bonds. The van der Waals surface area contributed by atoms with E-state index in [4.69, 9.17) is 5.11 Å². The molecule has 1 heterocycles. The third-order valence-corrected chi connectivity index (χ3v) is 1.22. The van der Waals surface area contributed by atoms with E-state index < -0.39 is 6.10 Å². The number of aliphatic hydroxyl groups excluding tert-OH is 1. The number of nitrogens with zero attached hydrogens (tertiary/aromatic N) is 1. The van der Waals surface area contributed by atoms with Gasteiger partial charge in [-0.15, -0.1) is 0 Å². The van der Waals surface area contributed by atoms with Crippen LogP contribution in [0.4, 0.5) is 0 Å². The van der Waals surface area contributed by atoms with Crippen LogP contribution in [0.5, 0.6) is 0 Å². The number of nitrogens with one attached hydrogen (secondary N) is 1. The SMILES string of the molecule is CC1=NNC(=O)CC1O. The minimum Gasteiger partial charge on any atom is -0.387 e. The Morgan fingerprint density at radius 1 is 1.89 bits per heavy atom. The molecule has 0 aliphatic carbocycles. The standard InChI is InChI=1S/C5H8N2O2/c1-3-4(8)2-5(9)7-6-3/h4,8H,2H2,1H3,(H,7,9). The topological polar surface area (TPSA) is 61.7 Å². The van der Waals surface area contributed by atoms with Gasteiger partial charge in [0.05, 0.1) is 12.1 Å². The van der Waals surface area contributed by atoms with Crippen LogP contribution in [-0.2, 0) is 4.79 Å². The van der Waals surface area contributed by atoms with E-state index in [0.29, 0.717) is 5.71 Å². The fraction of sp³-hybridized carbons (Fsp3) is 0.600. The van der Waals surface area contributed by atoms with Gasteiger partial charge in [0, 0.05) is 0 Å². The second-order valence-corrected chi connectivity index (χ2v) is 2.01. The van der Waals surface area contributed by atoms with Crippen LogP contribution >= 0.6 is 0 Å². The van der Waals surface area contributed by atoms with Gasteiger partial charge < -0.3 is 5.11 Å². The lowest BCUT2D eigenvalue weighted by molar-refractivity contribution is -0.122. The van der Waals surface area contributed by atoms with Crippen molar-refractivity contribution in [3.63, 3.8) is 0 Å². The van der Waals surface area contributed by atoms with Crippen molar-refractivity contribution in [1.82, 2.24) is 5.43 Å². The van der Waals surface area contributed by atoms with Gasteiger partial charge >= 0.3 is 0 Å². The van der Waals surface area contributed by atoms with E-state index in [9.17, 15) is 4.79 Å². The fourth-order valence-corrected chi connectivity index (χ4v) is 0.594. The number of amides is 1. The van der Waals surface area contributed by atoms with Crippen molar-refractivity contribution in [3.05, 3.63) is 0 Å². The molecule has 0 fully saturated rings. The Kier molecular flexibility index (Phi) is 1.48. The highest BCUT2D eigenvalue weighted by atomic mass is 16.3. The lowest BCUT2D eigenvalue weighted by Gasteiger charge is -2.13. The number of carbonyl (C=O) groups is 1. The van der Waals surface area contributed by atoms with Crippen LogP contribution in [-0.4, -0.2) is 22.8 Å². The summed E-state index contributed by atoms with van der Waals surface area (Å²) < 4.78 is 0. The van der Waals surface area contributed by atoms with Gasteiger partial charge in [-0.25, -0.2) is 5.43 Å². The summed E-state index contributed by atoms with van der Waals surface area (Å²) in [6.07, 6.45) is -0.547. The maximum absolute atomic E-state index is 10.4. The summed E-state index contributed by atoms with van der Waals surface area (Å²) in [6.45, 7) is 1.67. The van der Waals surface area contributed by atoms with E-state index in [1.54, 1.807) is 6.92 Å². The maximum Gasteiger partial charge on any atom is 0.243 e. The predicted molar refractivity (Wildman–Crippen MR) is 31.9 cm³/mol. The molecular weight excluding hydrogens is 120 g/mol. The van der Waals surface area contributed by atoms with Crippen LogP contribution in [0.15, 0.2) is 5.10 Å². The Bertz CT molecular complexity index is 164. The van der Waals surface area contributed by atoms with Gasteiger partial charge in [0.15, 0.2) is 0 Å². The molecule has 0 aromatic carbocycles. The summed E-state index contributed by atoms with van der Waals surface area (Å²) >= 11 is 0. The van der Waals surface area contributed by atoms with Crippen molar-refractivity contribution in [2.75, 3.05) is 0 Å². The highest BCUT2D eigenvalue weighted by Gasteiger charge is 2.17. The smallest absolute Gasteiger partial charge is 0.243 e. The molecule has 9 heavy (non-hydrogen) atoms. The molecule has 1 unspecified atom stereocenters. The molecule has 0 radical (unpaired) electrons. The average Bonchev–Trinajstić information content (AvgIpc) is 1.80. The quantitative estimate of drug-likeness (QED) is 0.450. The zero-order chi connectivity index (χ0) is 6.85. The van der Waals surface area contributed by atoms with Crippen LogP contribution < -0.4 is 5.43 Å². The van der Waals surface area contributed by atoms with Crippen molar-refractivity contribution in [3.8, 4) is 0 Å². The Labute approximate surface area is 52.6 Å². The van der Waals surface area contributed by atoms with E-state index in [1.807, 2.05) is 0 Å². The average molecular weight is 128 g/mol. The van der Waals surface area contributed by atoms with Gasteiger partial charge in [-0.2, -0.15) is 5.10 Å². The molecule has 0 aromatic heterocycles. The summed E-state index contributed by atoms with van der Waals surface area (Å²) in [5.41, 5.74) is 2.82. The van der Waals surface area contributed by atoms with Gasteiger partial charge in [0.25, 0.3) is 0 Å². The minimum atomic E-state index is -0.682. The molecule has 50 valence electrons. The molecule has 1 atom stereocenters. The number of hydrogen-bond donors (Lipinski definition) is 2. The normalized spacial score (nSPS) is 27.1. The van der Waals surface area contributed by atoms with E-state index >= 15 is 0 Å². The van der Waals surface area contributed by atoms with Gasteiger partial charge in [-0.1, -0.05) is 0 Å². The van der Waals surface area contributed by atoms with Crippen LogP contribution in [0.25, 0.3) is 0 Å². The first-order valence-corrected chi connectivity index (χ1v) is 2.71. The first-order valence-electron chi connectivity index (χ1n) is 2.71. The zero-order valence-electron chi connectivity index (χ0n) is 5.09. The van der Waals surface area contributed by atoms with Crippen LogP contribution in [0, 0.1) is 0 Å². The number of hydrogen-bond acceptors (Lipinski definition) is 3. The molecule has 0 bridgehead atoms. The second kappa shape index (κ2) is 2.14. The largest absolute Gasteiger partial charge is 0.387 e. The van der Waals surface area contributed by atoms with Crippen molar-refractivity contribution in [2.24, 2.45) is 5.10 Å². The molecule has 1 rings (SSSR count). The monoisotopic (exact) mass is 128 g/mol. The van der Waals surface area contributed by atoms with Crippen LogP contribution in [0.3, 0.4) is 0 Å². The Balaban J connectivity index is 2.67. The Morgan fingerprint density at radius 3 is 3.00 bits per heavy atom. The Morgan fingerprint density at radius 2 is 2.56 bits per heavy atom. The van der Waals surface area contributed by atoms with Gasteiger partial charge in [-0.05, 0) is 6.92 Å². The minimum absolute atomic E-state index is 0.134. The third kappa shape index (κ3) is 1.26. The Hall–Kier alpha value is -0.900. The fourth-order valence-electron chi connectivity index (χ4n) is 0.594. The maximum atomic E-state index is 10.4. The molecule has 4 heteroatoms. The summed E-state index contributed by atoms with van der Waals surface area (Å²) in [5.74, 6) is -0.229. The summed E-state index contributed by atoms with van der Waals surface area (Å²) in [5, 5.41) is 12.5. The van der Waals surface area contributed by atoms with Gasteiger partial charge in [0.1, 0.15) is 6.10 Å². The van der Waals surface area contributed by atoms with Crippen molar-refractivity contribution in [2.45, 2.75) is 19.4 Å². The third-order valence-electron chi connectivity index (χ3n) is 1.22. The van der Waals surface area contributed by atoms with Gasteiger partial charge in [0.2, 0.25) is 5.91 Å².